The molecule has 0 aliphatic carbocycles. The summed E-state index contributed by atoms with van der Waals surface area (Å²) in [4.78, 5) is 16.7. The number of hydrogen-bond acceptors (Lipinski definition) is 4. The van der Waals surface area contributed by atoms with Crippen LogP contribution in [0, 0.1) is 12.9 Å². The molecule has 20 heavy (non-hydrogen) atoms. The average Bonchev–Trinajstić information content (AvgIpc) is 2.25. The van der Waals surface area contributed by atoms with Crippen molar-refractivity contribution in [3.63, 3.8) is 0 Å². The molecule has 0 N–H and O–H groups in total. The first-order chi connectivity index (χ1) is 9.17. The maximum Gasteiger partial charge on any atom is 0.410 e. The van der Waals surface area contributed by atoms with Gasteiger partial charge in [-0.3, -0.25) is 0 Å². The van der Waals surface area contributed by atoms with Crippen LogP contribution in [-0.2, 0) is 4.74 Å². The third kappa shape index (κ3) is 5.86. The Morgan fingerprint density at radius 3 is 2.60 bits per heavy atom. The minimum atomic E-state index is -0.583. The van der Waals surface area contributed by atoms with Gasteiger partial charge in [-0.15, -0.1) is 0 Å². The molecule has 1 aromatic rings. The van der Waals surface area contributed by atoms with Gasteiger partial charge in [-0.1, -0.05) is 0 Å². The SMILES string of the molecule is Cc1cc(F)nc(OCCN(C)C(=O)OC(C)(C)C)c1. The minimum Gasteiger partial charge on any atom is -0.476 e. The number of pyridine rings is 1. The first-order valence-corrected chi connectivity index (χ1v) is 6.38. The summed E-state index contributed by atoms with van der Waals surface area (Å²) in [5.41, 5.74) is 0.195. The summed E-state index contributed by atoms with van der Waals surface area (Å²) in [6.45, 7) is 7.69. The van der Waals surface area contributed by atoms with Crippen LogP contribution in [0.1, 0.15) is 26.3 Å². The second-order valence-electron chi connectivity index (χ2n) is 5.56. The molecule has 1 rings (SSSR count). The number of halogens is 1. The van der Waals surface area contributed by atoms with Crippen molar-refractivity contribution in [3.05, 3.63) is 23.6 Å². The third-order valence-electron chi connectivity index (χ3n) is 2.30. The Morgan fingerprint density at radius 2 is 2.05 bits per heavy atom. The summed E-state index contributed by atoms with van der Waals surface area (Å²) in [7, 11) is 1.61. The Kier molecular flexibility index (Phi) is 5.30. The van der Waals surface area contributed by atoms with E-state index >= 15 is 0 Å². The van der Waals surface area contributed by atoms with Crippen LogP contribution in [0.15, 0.2) is 12.1 Å². The predicted octanol–water partition coefficient (Wildman–Crippen LogP) is 2.77. The number of carbonyl (C=O) groups excluding carboxylic acids is 1. The van der Waals surface area contributed by atoms with Gasteiger partial charge >= 0.3 is 6.09 Å². The number of carbonyl (C=O) groups is 1. The van der Waals surface area contributed by atoms with E-state index in [1.165, 1.54) is 11.0 Å². The molecule has 0 aromatic carbocycles. The molecule has 0 saturated heterocycles. The highest BCUT2D eigenvalue weighted by molar-refractivity contribution is 5.67. The van der Waals surface area contributed by atoms with E-state index in [-0.39, 0.29) is 12.5 Å². The van der Waals surface area contributed by atoms with Gasteiger partial charge in [0.2, 0.25) is 11.8 Å². The molecule has 112 valence electrons. The lowest BCUT2D eigenvalue weighted by molar-refractivity contribution is 0.0277. The number of nitrogens with zero attached hydrogens (tertiary/aromatic N) is 2. The summed E-state index contributed by atoms with van der Waals surface area (Å²) >= 11 is 0. The van der Waals surface area contributed by atoms with E-state index in [9.17, 15) is 9.18 Å². The first kappa shape index (κ1) is 16.2. The zero-order valence-electron chi connectivity index (χ0n) is 12.6. The maximum atomic E-state index is 13.1. The van der Waals surface area contributed by atoms with Crippen LogP contribution in [0.5, 0.6) is 5.88 Å². The topological polar surface area (TPSA) is 51.7 Å². The summed E-state index contributed by atoms with van der Waals surface area (Å²) in [5.74, 6) is -0.374. The van der Waals surface area contributed by atoms with Gasteiger partial charge < -0.3 is 14.4 Å². The Balaban J connectivity index is 2.42. The fourth-order valence-electron chi connectivity index (χ4n) is 1.39. The van der Waals surface area contributed by atoms with Gasteiger partial charge in [0.25, 0.3) is 0 Å². The number of aryl methyl sites for hydroxylation is 1. The Morgan fingerprint density at radius 1 is 1.40 bits per heavy atom. The molecule has 0 bridgehead atoms. The quantitative estimate of drug-likeness (QED) is 0.798. The summed E-state index contributed by atoms with van der Waals surface area (Å²) in [6.07, 6.45) is -0.426. The zero-order chi connectivity index (χ0) is 15.3. The van der Waals surface area contributed by atoms with E-state index in [0.29, 0.717) is 6.54 Å². The molecule has 1 heterocycles. The Bertz CT molecular complexity index is 452. The van der Waals surface area contributed by atoms with E-state index in [4.69, 9.17) is 9.47 Å². The molecule has 0 saturated carbocycles. The lowest BCUT2D eigenvalue weighted by Crippen LogP contribution is -2.36. The molecule has 0 aliphatic heterocycles. The average molecular weight is 284 g/mol. The highest BCUT2D eigenvalue weighted by atomic mass is 19.1. The summed E-state index contributed by atoms with van der Waals surface area (Å²) < 4.78 is 23.6. The van der Waals surface area contributed by atoms with Crippen molar-refractivity contribution in [3.8, 4) is 5.88 Å². The number of ether oxygens (including phenoxy) is 2. The highest BCUT2D eigenvalue weighted by Gasteiger charge is 2.19. The second kappa shape index (κ2) is 6.54. The zero-order valence-corrected chi connectivity index (χ0v) is 12.6. The first-order valence-electron chi connectivity index (χ1n) is 6.38. The number of hydrogen-bond donors (Lipinski definition) is 0. The van der Waals surface area contributed by atoms with Crippen LogP contribution in [0.3, 0.4) is 0 Å². The molecule has 0 unspecified atom stereocenters. The smallest absolute Gasteiger partial charge is 0.410 e. The van der Waals surface area contributed by atoms with Crippen LogP contribution in [-0.4, -0.2) is 41.8 Å². The van der Waals surface area contributed by atoms with Gasteiger partial charge in [-0.2, -0.15) is 9.37 Å². The molecule has 0 spiro atoms. The minimum absolute atomic E-state index is 0.208. The number of aromatic nitrogens is 1. The maximum absolute atomic E-state index is 13.1. The van der Waals surface area contributed by atoms with Crippen molar-refractivity contribution in [2.24, 2.45) is 0 Å². The van der Waals surface area contributed by atoms with E-state index in [1.807, 2.05) is 0 Å². The van der Waals surface area contributed by atoms with Crippen molar-refractivity contribution in [2.75, 3.05) is 20.2 Å². The molecule has 0 radical (unpaired) electrons. The van der Waals surface area contributed by atoms with Gasteiger partial charge in [-0.05, 0) is 39.3 Å². The van der Waals surface area contributed by atoms with E-state index in [2.05, 4.69) is 4.98 Å². The largest absolute Gasteiger partial charge is 0.476 e. The van der Waals surface area contributed by atoms with Crippen LogP contribution in [0.4, 0.5) is 9.18 Å². The summed E-state index contributed by atoms with van der Waals surface area (Å²) in [5, 5.41) is 0. The van der Waals surface area contributed by atoms with Gasteiger partial charge in [0.15, 0.2) is 0 Å². The molecule has 0 fully saturated rings. The van der Waals surface area contributed by atoms with Crippen LogP contribution in [0.2, 0.25) is 0 Å². The number of rotatable bonds is 4. The standard InChI is InChI=1S/C14H21FN2O3/c1-10-8-11(15)16-12(9-10)19-7-6-17(5)13(18)20-14(2,3)4/h8-9H,6-7H2,1-5H3. The molecule has 0 atom stereocenters. The van der Waals surface area contributed by atoms with Crippen molar-refractivity contribution >= 4 is 6.09 Å². The molecular formula is C14H21FN2O3. The van der Waals surface area contributed by atoms with E-state index < -0.39 is 17.6 Å². The predicted molar refractivity (Wildman–Crippen MR) is 73.3 cm³/mol. The van der Waals surface area contributed by atoms with Gasteiger partial charge in [0.05, 0.1) is 6.54 Å². The fourth-order valence-corrected chi connectivity index (χ4v) is 1.39. The van der Waals surface area contributed by atoms with Crippen molar-refractivity contribution in [1.29, 1.82) is 0 Å². The fraction of sp³-hybridized carbons (Fsp3) is 0.571. The highest BCUT2D eigenvalue weighted by Crippen LogP contribution is 2.11. The van der Waals surface area contributed by atoms with Crippen molar-refractivity contribution in [1.82, 2.24) is 9.88 Å². The van der Waals surface area contributed by atoms with Crippen LogP contribution < -0.4 is 4.74 Å². The molecule has 0 aliphatic rings. The molecule has 1 aromatic heterocycles. The van der Waals surface area contributed by atoms with E-state index in [0.717, 1.165) is 5.56 Å². The molecule has 5 nitrogen and oxygen atoms in total. The number of amides is 1. The normalized spacial score (nSPS) is 11.1. The number of likely N-dealkylation sites (N-methyl/N-ethyl adjacent to an activating group) is 1. The van der Waals surface area contributed by atoms with Crippen LogP contribution in [0.25, 0.3) is 0 Å². The van der Waals surface area contributed by atoms with Gasteiger partial charge in [-0.25, -0.2) is 4.79 Å². The van der Waals surface area contributed by atoms with Gasteiger partial charge in [0, 0.05) is 13.1 Å². The molecule has 1 amide bonds. The Hall–Kier alpha value is -1.85. The van der Waals surface area contributed by atoms with E-state index in [1.54, 1.807) is 40.8 Å². The van der Waals surface area contributed by atoms with Crippen LogP contribution >= 0.6 is 0 Å². The third-order valence-corrected chi connectivity index (χ3v) is 2.30. The molecular weight excluding hydrogens is 263 g/mol. The lowest BCUT2D eigenvalue weighted by Gasteiger charge is -2.24. The Labute approximate surface area is 118 Å². The summed E-state index contributed by atoms with van der Waals surface area (Å²) in [6, 6.07) is 2.95. The lowest BCUT2D eigenvalue weighted by atomic mass is 10.2. The monoisotopic (exact) mass is 284 g/mol. The second-order valence-corrected chi connectivity index (χ2v) is 5.56. The van der Waals surface area contributed by atoms with Crippen molar-refractivity contribution < 1.29 is 18.7 Å². The molecule has 6 heteroatoms. The van der Waals surface area contributed by atoms with Crippen molar-refractivity contribution in [2.45, 2.75) is 33.3 Å². The van der Waals surface area contributed by atoms with Gasteiger partial charge in [0.1, 0.15) is 12.2 Å².